The predicted octanol–water partition coefficient (Wildman–Crippen LogP) is 3.25. The summed E-state index contributed by atoms with van der Waals surface area (Å²) in [4.78, 5) is 0. The molecule has 2 aromatic carbocycles. The second-order valence-electron chi connectivity index (χ2n) is 4.20. The standard InChI is InChI=1S/C15H14F2O2/c1-19-15-5-3-2-4-10(15)8-14(18)12-7-6-11(16)9-13(12)17/h2-7,9,14,18H,8H2,1H3. The van der Waals surface area contributed by atoms with Gasteiger partial charge in [-0.3, -0.25) is 0 Å². The van der Waals surface area contributed by atoms with Crippen LogP contribution in [-0.2, 0) is 6.42 Å². The van der Waals surface area contributed by atoms with Crippen molar-refractivity contribution in [3.63, 3.8) is 0 Å². The van der Waals surface area contributed by atoms with Crippen LogP contribution in [0.25, 0.3) is 0 Å². The maximum Gasteiger partial charge on any atom is 0.131 e. The van der Waals surface area contributed by atoms with Crippen LogP contribution in [-0.4, -0.2) is 12.2 Å². The van der Waals surface area contributed by atoms with Crippen molar-refractivity contribution in [2.75, 3.05) is 7.11 Å². The Hall–Kier alpha value is -1.94. The number of hydrogen-bond acceptors (Lipinski definition) is 2. The highest BCUT2D eigenvalue weighted by molar-refractivity contribution is 5.35. The van der Waals surface area contributed by atoms with Gasteiger partial charge in [0.05, 0.1) is 13.2 Å². The molecule has 100 valence electrons. The number of aliphatic hydroxyl groups excluding tert-OH is 1. The molecule has 2 nitrogen and oxygen atoms in total. The number of ether oxygens (including phenoxy) is 1. The molecule has 0 aliphatic carbocycles. The van der Waals surface area contributed by atoms with Gasteiger partial charge in [-0.25, -0.2) is 8.78 Å². The fraction of sp³-hybridized carbons (Fsp3) is 0.200. The van der Waals surface area contributed by atoms with Gasteiger partial charge >= 0.3 is 0 Å². The quantitative estimate of drug-likeness (QED) is 0.918. The molecule has 0 heterocycles. The Labute approximate surface area is 110 Å². The van der Waals surface area contributed by atoms with Crippen LogP contribution in [0.5, 0.6) is 5.75 Å². The van der Waals surface area contributed by atoms with Crippen LogP contribution < -0.4 is 4.74 Å². The van der Waals surface area contributed by atoms with Gasteiger partial charge in [0.1, 0.15) is 17.4 Å². The van der Waals surface area contributed by atoms with Gasteiger partial charge in [0.15, 0.2) is 0 Å². The SMILES string of the molecule is COc1ccccc1CC(O)c1ccc(F)cc1F. The lowest BCUT2D eigenvalue weighted by molar-refractivity contribution is 0.172. The second kappa shape index (κ2) is 5.80. The first-order chi connectivity index (χ1) is 9.11. The van der Waals surface area contributed by atoms with Crippen LogP contribution in [0.15, 0.2) is 42.5 Å². The van der Waals surface area contributed by atoms with Crippen molar-refractivity contribution in [3.05, 3.63) is 65.2 Å². The first kappa shape index (κ1) is 13.5. The Bertz CT molecular complexity index is 570. The van der Waals surface area contributed by atoms with E-state index in [1.54, 1.807) is 12.1 Å². The van der Waals surface area contributed by atoms with Gasteiger partial charge in [-0.05, 0) is 17.7 Å². The van der Waals surface area contributed by atoms with Gasteiger partial charge in [0.25, 0.3) is 0 Å². The number of methoxy groups -OCH3 is 1. The number of para-hydroxylation sites is 1. The molecule has 0 aromatic heterocycles. The van der Waals surface area contributed by atoms with Gasteiger partial charge in [0.2, 0.25) is 0 Å². The first-order valence-electron chi connectivity index (χ1n) is 5.86. The van der Waals surface area contributed by atoms with Crippen LogP contribution in [0.2, 0.25) is 0 Å². The second-order valence-corrected chi connectivity index (χ2v) is 4.20. The van der Waals surface area contributed by atoms with Crippen molar-refractivity contribution < 1.29 is 18.6 Å². The van der Waals surface area contributed by atoms with E-state index >= 15 is 0 Å². The topological polar surface area (TPSA) is 29.5 Å². The molecule has 2 rings (SSSR count). The minimum absolute atomic E-state index is 0.0762. The predicted molar refractivity (Wildman–Crippen MR) is 68.0 cm³/mol. The molecule has 1 unspecified atom stereocenters. The van der Waals surface area contributed by atoms with Crippen LogP contribution in [0.4, 0.5) is 8.78 Å². The molecule has 1 N–H and O–H groups in total. The average Bonchev–Trinajstić information content (AvgIpc) is 2.39. The van der Waals surface area contributed by atoms with E-state index in [9.17, 15) is 13.9 Å². The number of rotatable bonds is 4. The van der Waals surface area contributed by atoms with Gasteiger partial charge in [0, 0.05) is 18.1 Å². The Balaban J connectivity index is 2.23. The Morgan fingerprint density at radius 2 is 1.89 bits per heavy atom. The molecule has 0 fully saturated rings. The van der Waals surface area contributed by atoms with E-state index in [4.69, 9.17) is 4.74 Å². The number of aliphatic hydroxyl groups is 1. The lowest BCUT2D eigenvalue weighted by atomic mass is 10.0. The molecular weight excluding hydrogens is 250 g/mol. The van der Waals surface area contributed by atoms with Crippen molar-refractivity contribution >= 4 is 0 Å². The summed E-state index contributed by atoms with van der Waals surface area (Å²) in [7, 11) is 1.53. The van der Waals surface area contributed by atoms with E-state index in [1.165, 1.54) is 13.2 Å². The Kier molecular flexibility index (Phi) is 4.12. The third kappa shape index (κ3) is 3.09. The minimum atomic E-state index is -1.04. The summed E-state index contributed by atoms with van der Waals surface area (Å²) in [6, 6.07) is 10.3. The summed E-state index contributed by atoms with van der Waals surface area (Å²) in [6.45, 7) is 0. The first-order valence-corrected chi connectivity index (χ1v) is 5.86. The molecule has 0 spiro atoms. The molecule has 0 aliphatic rings. The molecule has 0 amide bonds. The summed E-state index contributed by atoms with van der Waals surface area (Å²) < 4.78 is 31.5. The van der Waals surface area contributed by atoms with Crippen molar-refractivity contribution in [3.8, 4) is 5.75 Å². The molecular formula is C15H14F2O2. The highest BCUT2D eigenvalue weighted by Crippen LogP contribution is 2.26. The lowest BCUT2D eigenvalue weighted by Gasteiger charge is -2.14. The molecule has 0 bridgehead atoms. The third-order valence-corrected chi connectivity index (χ3v) is 2.93. The van der Waals surface area contributed by atoms with E-state index < -0.39 is 17.7 Å². The van der Waals surface area contributed by atoms with Crippen LogP contribution in [0.1, 0.15) is 17.2 Å². The number of benzene rings is 2. The zero-order chi connectivity index (χ0) is 13.8. The molecule has 4 heteroatoms. The van der Waals surface area contributed by atoms with Gasteiger partial charge in [-0.1, -0.05) is 24.3 Å². The highest BCUT2D eigenvalue weighted by Gasteiger charge is 2.15. The van der Waals surface area contributed by atoms with Crippen LogP contribution >= 0.6 is 0 Å². The largest absolute Gasteiger partial charge is 0.496 e. The smallest absolute Gasteiger partial charge is 0.131 e. The summed E-state index contributed by atoms with van der Waals surface area (Å²) in [5.41, 5.74) is 0.841. The lowest BCUT2D eigenvalue weighted by Crippen LogP contribution is -2.06. The molecule has 0 saturated carbocycles. The minimum Gasteiger partial charge on any atom is -0.496 e. The van der Waals surface area contributed by atoms with E-state index in [1.807, 2.05) is 12.1 Å². The van der Waals surface area contributed by atoms with Crippen molar-refractivity contribution in [2.24, 2.45) is 0 Å². The summed E-state index contributed by atoms with van der Waals surface area (Å²) >= 11 is 0. The normalized spacial score (nSPS) is 12.2. The summed E-state index contributed by atoms with van der Waals surface area (Å²) in [5, 5.41) is 10.0. The molecule has 1 atom stereocenters. The number of hydrogen-bond donors (Lipinski definition) is 1. The molecule has 0 saturated heterocycles. The van der Waals surface area contributed by atoms with Crippen molar-refractivity contribution in [1.29, 1.82) is 0 Å². The Morgan fingerprint density at radius 1 is 1.16 bits per heavy atom. The van der Waals surface area contributed by atoms with Gasteiger partial charge < -0.3 is 9.84 Å². The van der Waals surface area contributed by atoms with Gasteiger partial charge in [-0.2, -0.15) is 0 Å². The van der Waals surface area contributed by atoms with Crippen molar-refractivity contribution in [2.45, 2.75) is 12.5 Å². The molecule has 2 aromatic rings. The Morgan fingerprint density at radius 3 is 2.58 bits per heavy atom. The zero-order valence-electron chi connectivity index (χ0n) is 10.4. The van der Waals surface area contributed by atoms with Crippen LogP contribution in [0, 0.1) is 11.6 Å². The van der Waals surface area contributed by atoms with Crippen LogP contribution in [0.3, 0.4) is 0 Å². The maximum absolute atomic E-state index is 13.6. The summed E-state index contributed by atoms with van der Waals surface area (Å²) in [6.07, 6.45) is -0.844. The molecule has 0 aliphatic heterocycles. The maximum atomic E-state index is 13.6. The monoisotopic (exact) mass is 264 g/mol. The highest BCUT2D eigenvalue weighted by atomic mass is 19.1. The van der Waals surface area contributed by atoms with Crippen molar-refractivity contribution in [1.82, 2.24) is 0 Å². The van der Waals surface area contributed by atoms with E-state index in [-0.39, 0.29) is 12.0 Å². The fourth-order valence-corrected chi connectivity index (χ4v) is 1.96. The molecule has 19 heavy (non-hydrogen) atoms. The third-order valence-electron chi connectivity index (χ3n) is 2.93. The van der Waals surface area contributed by atoms with E-state index in [0.29, 0.717) is 5.75 Å². The average molecular weight is 264 g/mol. The van der Waals surface area contributed by atoms with Gasteiger partial charge in [-0.15, -0.1) is 0 Å². The summed E-state index contributed by atoms with van der Waals surface area (Å²) in [5.74, 6) is -0.780. The van der Waals surface area contributed by atoms with E-state index in [0.717, 1.165) is 17.7 Å². The number of halogens is 2. The fourth-order valence-electron chi connectivity index (χ4n) is 1.96. The molecule has 0 radical (unpaired) electrons. The zero-order valence-corrected chi connectivity index (χ0v) is 10.4. The van der Waals surface area contributed by atoms with E-state index in [2.05, 4.69) is 0 Å².